The molecule has 94 valence electrons. The van der Waals surface area contributed by atoms with Crippen molar-refractivity contribution in [3.05, 3.63) is 16.0 Å². The van der Waals surface area contributed by atoms with Gasteiger partial charge in [0.1, 0.15) is 0 Å². The summed E-state index contributed by atoms with van der Waals surface area (Å²) in [5.74, 6) is 0.120. The first-order chi connectivity index (χ1) is 8.17. The first kappa shape index (κ1) is 12.4. The van der Waals surface area contributed by atoms with Gasteiger partial charge < -0.3 is 16.2 Å². The minimum Gasteiger partial charge on any atom is -0.466 e. The maximum absolute atomic E-state index is 11.5. The van der Waals surface area contributed by atoms with Crippen molar-refractivity contribution in [3.8, 4) is 0 Å². The van der Waals surface area contributed by atoms with Crippen molar-refractivity contribution in [2.45, 2.75) is 38.6 Å². The molecule has 2 rings (SSSR count). The molecule has 0 aliphatic heterocycles. The molecule has 17 heavy (non-hydrogen) atoms. The second-order valence-electron chi connectivity index (χ2n) is 4.23. The van der Waals surface area contributed by atoms with Gasteiger partial charge in [0.15, 0.2) is 0 Å². The summed E-state index contributed by atoms with van der Waals surface area (Å²) in [6.45, 7) is 2.72. The van der Waals surface area contributed by atoms with E-state index in [9.17, 15) is 4.79 Å². The Labute approximate surface area is 105 Å². The summed E-state index contributed by atoms with van der Waals surface area (Å²) in [4.78, 5) is 12.8. The van der Waals surface area contributed by atoms with E-state index < -0.39 is 0 Å². The Morgan fingerprint density at radius 3 is 3.00 bits per heavy atom. The van der Waals surface area contributed by atoms with Gasteiger partial charge in [-0.25, -0.2) is 0 Å². The number of fused-ring (bicyclic) bond motifs is 1. The molecule has 0 spiro atoms. The van der Waals surface area contributed by atoms with E-state index in [1.54, 1.807) is 11.3 Å². The molecule has 4 N–H and O–H groups in total. The molecule has 1 aromatic heterocycles. The topological polar surface area (TPSA) is 78.3 Å². The average molecular weight is 254 g/mol. The lowest BCUT2D eigenvalue weighted by Gasteiger charge is -2.11. The number of aryl methyl sites for hydroxylation is 1. The molecule has 1 heterocycles. The fraction of sp³-hybridized carbons (Fsp3) is 0.583. The largest absolute Gasteiger partial charge is 0.466 e. The summed E-state index contributed by atoms with van der Waals surface area (Å²) in [5.41, 5.74) is 13.9. The molecule has 1 aromatic rings. The summed E-state index contributed by atoms with van der Waals surface area (Å²) >= 11 is 1.62. The van der Waals surface area contributed by atoms with Crippen LogP contribution >= 0.6 is 11.3 Å². The zero-order valence-electron chi connectivity index (χ0n) is 9.99. The number of carbonyl (C=O) groups is 1. The van der Waals surface area contributed by atoms with Gasteiger partial charge in [-0.2, -0.15) is 0 Å². The Kier molecular flexibility index (Phi) is 3.69. The molecule has 0 amide bonds. The highest BCUT2D eigenvalue weighted by molar-refractivity contribution is 7.16. The molecule has 0 fully saturated rings. The Hall–Kier alpha value is -1.07. The van der Waals surface area contributed by atoms with Crippen molar-refractivity contribution in [2.24, 2.45) is 5.73 Å². The molecule has 4 nitrogen and oxygen atoms in total. The highest BCUT2D eigenvalue weighted by Crippen LogP contribution is 2.45. The Morgan fingerprint density at radius 1 is 1.59 bits per heavy atom. The highest BCUT2D eigenvalue weighted by atomic mass is 32.1. The smallest absolute Gasteiger partial charge is 0.306 e. The molecule has 1 atom stereocenters. The van der Waals surface area contributed by atoms with Crippen molar-refractivity contribution in [2.75, 3.05) is 12.3 Å². The van der Waals surface area contributed by atoms with Crippen LogP contribution in [0.25, 0.3) is 0 Å². The second-order valence-corrected chi connectivity index (χ2v) is 5.37. The van der Waals surface area contributed by atoms with Crippen LogP contribution in [0.15, 0.2) is 0 Å². The van der Waals surface area contributed by atoms with E-state index in [-0.39, 0.29) is 11.9 Å². The van der Waals surface area contributed by atoms with E-state index in [0.29, 0.717) is 19.6 Å². The van der Waals surface area contributed by atoms with E-state index in [4.69, 9.17) is 16.2 Å². The van der Waals surface area contributed by atoms with Crippen molar-refractivity contribution >= 4 is 22.3 Å². The first-order valence-electron chi connectivity index (χ1n) is 5.93. The minimum atomic E-state index is -0.127. The molecule has 0 aromatic carbocycles. The molecular formula is C12H18N2O2S. The van der Waals surface area contributed by atoms with Crippen LogP contribution in [0.1, 0.15) is 41.7 Å². The van der Waals surface area contributed by atoms with E-state index in [1.807, 2.05) is 6.92 Å². The average Bonchev–Trinajstić information content (AvgIpc) is 2.78. The van der Waals surface area contributed by atoms with E-state index >= 15 is 0 Å². The van der Waals surface area contributed by atoms with Crippen LogP contribution in [-0.4, -0.2) is 12.6 Å². The van der Waals surface area contributed by atoms with Gasteiger partial charge in [0.2, 0.25) is 0 Å². The molecule has 1 aliphatic carbocycles. The molecule has 0 radical (unpaired) electrons. The number of anilines is 1. The maximum Gasteiger partial charge on any atom is 0.306 e. The van der Waals surface area contributed by atoms with Crippen molar-refractivity contribution in [1.82, 2.24) is 0 Å². The fourth-order valence-electron chi connectivity index (χ4n) is 2.50. The maximum atomic E-state index is 11.5. The minimum absolute atomic E-state index is 0.127. The highest BCUT2D eigenvalue weighted by Gasteiger charge is 2.30. The summed E-state index contributed by atoms with van der Waals surface area (Å²) in [6, 6.07) is 0. The van der Waals surface area contributed by atoms with Crippen molar-refractivity contribution in [1.29, 1.82) is 0 Å². The molecule has 1 aliphatic rings. The first-order valence-corrected chi connectivity index (χ1v) is 6.74. The lowest BCUT2D eigenvalue weighted by molar-refractivity contribution is -0.143. The number of thiophene rings is 1. The molecule has 1 unspecified atom stereocenters. The van der Waals surface area contributed by atoms with Gasteiger partial charge in [-0.3, -0.25) is 4.79 Å². The monoisotopic (exact) mass is 254 g/mol. The van der Waals surface area contributed by atoms with Gasteiger partial charge in [-0.1, -0.05) is 0 Å². The van der Waals surface area contributed by atoms with E-state index in [2.05, 4.69) is 0 Å². The van der Waals surface area contributed by atoms with Crippen LogP contribution in [0.4, 0.5) is 5.00 Å². The van der Waals surface area contributed by atoms with Crippen LogP contribution < -0.4 is 11.5 Å². The van der Waals surface area contributed by atoms with Gasteiger partial charge in [-0.05, 0) is 31.2 Å². The van der Waals surface area contributed by atoms with Crippen molar-refractivity contribution in [3.63, 3.8) is 0 Å². The second kappa shape index (κ2) is 5.06. The predicted octanol–water partition coefficient (Wildman–Crippen LogP) is 1.77. The van der Waals surface area contributed by atoms with Gasteiger partial charge >= 0.3 is 5.97 Å². The van der Waals surface area contributed by atoms with Crippen LogP contribution in [0.3, 0.4) is 0 Å². The zero-order valence-corrected chi connectivity index (χ0v) is 10.8. The molecule has 0 saturated carbocycles. The van der Waals surface area contributed by atoms with Crippen LogP contribution in [0.2, 0.25) is 0 Å². The van der Waals surface area contributed by atoms with Crippen LogP contribution in [0.5, 0.6) is 0 Å². The van der Waals surface area contributed by atoms with Gasteiger partial charge in [0, 0.05) is 17.0 Å². The number of hydrogen-bond donors (Lipinski definition) is 2. The standard InChI is InChI=1S/C12H18N2O2S/c1-2-16-10(15)5-7-3-4-9-11(7)8(6-13)12(14)17-9/h7H,2-6,13-14H2,1H3. The summed E-state index contributed by atoms with van der Waals surface area (Å²) in [7, 11) is 0. The lowest BCUT2D eigenvalue weighted by atomic mass is 9.96. The third-order valence-electron chi connectivity index (χ3n) is 3.21. The Morgan fingerprint density at radius 2 is 2.35 bits per heavy atom. The normalized spacial score (nSPS) is 18.1. The fourth-order valence-corrected chi connectivity index (χ4v) is 3.70. The third kappa shape index (κ3) is 2.30. The van der Waals surface area contributed by atoms with Gasteiger partial charge in [-0.15, -0.1) is 11.3 Å². The molecular weight excluding hydrogens is 236 g/mol. The SMILES string of the molecule is CCOC(=O)CC1CCc2sc(N)c(CN)c21. The van der Waals surface area contributed by atoms with Crippen LogP contribution in [-0.2, 0) is 22.5 Å². The van der Waals surface area contributed by atoms with E-state index in [1.165, 1.54) is 10.4 Å². The quantitative estimate of drug-likeness (QED) is 0.803. The number of ether oxygens (including phenoxy) is 1. The summed E-state index contributed by atoms with van der Waals surface area (Å²) in [5, 5.41) is 0.811. The predicted molar refractivity (Wildman–Crippen MR) is 68.9 cm³/mol. The van der Waals surface area contributed by atoms with Gasteiger partial charge in [0.25, 0.3) is 0 Å². The summed E-state index contributed by atoms with van der Waals surface area (Å²) in [6.07, 6.45) is 2.46. The molecule has 0 bridgehead atoms. The summed E-state index contributed by atoms with van der Waals surface area (Å²) < 4.78 is 5.00. The third-order valence-corrected chi connectivity index (χ3v) is 4.34. The van der Waals surface area contributed by atoms with Crippen LogP contribution in [0, 0.1) is 0 Å². The number of hydrogen-bond acceptors (Lipinski definition) is 5. The number of nitrogen functional groups attached to an aromatic ring is 1. The molecule has 5 heteroatoms. The number of esters is 1. The molecule has 0 saturated heterocycles. The van der Waals surface area contributed by atoms with Gasteiger partial charge in [0.05, 0.1) is 18.0 Å². The van der Waals surface area contributed by atoms with E-state index in [0.717, 1.165) is 23.4 Å². The number of nitrogens with two attached hydrogens (primary N) is 2. The Bertz CT molecular complexity index is 428. The number of rotatable bonds is 4. The van der Waals surface area contributed by atoms with Crippen molar-refractivity contribution < 1.29 is 9.53 Å². The Balaban J connectivity index is 2.18. The zero-order chi connectivity index (χ0) is 12.4. The lowest BCUT2D eigenvalue weighted by Crippen LogP contribution is -2.11. The number of carbonyl (C=O) groups excluding carboxylic acids is 1.